The molecule has 3 rings (SSSR count). The first-order valence-corrected chi connectivity index (χ1v) is 7.61. The van der Waals surface area contributed by atoms with Gasteiger partial charge in [0, 0.05) is 5.69 Å². The molecule has 0 spiro atoms. The van der Waals surface area contributed by atoms with Gasteiger partial charge in [0.2, 0.25) is 0 Å². The molecule has 19 heavy (non-hydrogen) atoms. The van der Waals surface area contributed by atoms with E-state index in [9.17, 15) is 13.2 Å². The van der Waals surface area contributed by atoms with Gasteiger partial charge in [0.1, 0.15) is 4.21 Å². The summed E-state index contributed by atoms with van der Waals surface area (Å²) in [6.07, 6.45) is 0. The van der Waals surface area contributed by atoms with Crippen LogP contribution >= 0.6 is 11.3 Å². The maximum atomic E-state index is 12.4. The highest BCUT2D eigenvalue weighted by Crippen LogP contribution is 2.22. The van der Waals surface area contributed by atoms with Crippen LogP contribution in [0.1, 0.15) is 0 Å². The predicted octanol–water partition coefficient (Wildman–Crippen LogP) is 1.21. The zero-order valence-electron chi connectivity index (χ0n) is 9.53. The van der Waals surface area contributed by atoms with Crippen LogP contribution in [0.15, 0.2) is 44.7 Å². The number of rotatable bonds is 2. The summed E-state index contributed by atoms with van der Waals surface area (Å²) in [4.78, 5) is 14.4. The molecule has 0 radical (unpaired) electrons. The third kappa shape index (κ3) is 1.76. The quantitative estimate of drug-likeness (QED) is 0.694. The Hall–Kier alpha value is -2.06. The van der Waals surface area contributed by atoms with E-state index in [0.29, 0.717) is 11.2 Å². The van der Waals surface area contributed by atoms with Crippen LogP contribution < -0.4 is 11.4 Å². The number of aromatic amines is 1. The van der Waals surface area contributed by atoms with Crippen molar-refractivity contribution in [2.24, 2.45) is 0 Å². The molecule has 3 aromatic rings. The fourth-order valence-corrected chi connectivity index (χ4v) is 4.27. The summed E-state index contributed by atoms with van der Waals surface area (Å²) in [7, 11) is -3.89. The molecule has 0 saturated carbocycles. The largest absolute Gasteiger partial charge is 0.399 e. The van der Waals surface area contributed by atoms with Crippen LogP contribution in [0.4, 0.5) is 5.69 Å². The van der Waals surface area contributed by atoms with E-state index in [4.69, 9.17) is 5.73 Å². The minimum atomic E-state index is -3.89. The number of nitrogen functional groups attached to an aromatic ring is 1. The lowest BCUT2D eigenvalue weighted by Gasteiger charge is -2.03. The van der Waals surface area contributed by atoms with Crippen molar-refractivity contribution in [1.82, 2.24) is 8.96 Å². The van der Waals surface area contributed by atoms with Gasteiger partial charge in [0.25, 0.3) is 10.0 Å². The average molecular weight is 295 g/mol. The highest BCUT2D eigenvalue weighted by molar-refractivity contribution is 7.92. The number of nitrogens with zero attached hydrogens (tertiary/aromatic N) is 1. The zero-order chi connectivity index (χ0) is 13.6. The Morgan fingerprint density at radius 3 is 2.74 bits per heavy atom. The molecule has 3 N–H and O–H groups in total. The van der Waals surface area contributed by atoms with E-state index >= 15 is 0 Å². The van der Waals surface area contributed by atoms with E-state index in [2.05, 4.69) is 4.98 Å². The maximum Gasteiger partial charge on any atom is 0.340 e. The lowest BCUT2D eigenvalue weighted by Crippen LogP contribution is -2.24. The molecule has 98 valence electrons. The predicted molar refractivity (Wildman–Crippen MR) is 73.9 cm³/mol. The lowest BCUT2D eigenvalue weighted by atomic mass is 10.3. The lowest BCUT2D eigenvalue weighted by molar-refractivity contribution is 0.589. The Morgan fingerprint density at radius 2 is 2.05 bits per heavy atom. The number of anilines is 1. The number of thiophene rings is 1. The second kappa shape index (κ2) is 3.97. The standard InChI is InChI=1S/C11H9N3O3S2/c12-7-3-4-8-9(6-7)14(11(15)13-8)19(16,17)10-2-1-5-18-10/h1-6H,12H2,(H,13,15). The number of imidazole rings is 1. The second-order valence-corrected chi connectivity index (χ2v) is 6.87. The van der Waals surface area contributed by atoms with E-state index in [1.54, 1.807) is 23.6 Å². The molecule has 0 aliphatic heterocycles. The third-order valence-electron chi connectivity index (χ3n) is 2.66. The molecule has 0 aliphatic carbocycles. The third-order valence-corrected chi connectivity index (χ3v) is 5.73. The van der Waals surface area contributed by atoms with Crippen LogP contribution in [-0.2, 0) is 10.0 Å². The molecule has 0 bridgehead atoms. The van der Waals surface area contributed by atoms with Crippen molar-refractivity contribution in [3.05, 3.63) is 46.2 Å². The van der Waals surface area contributed by atoms with Gasteiger partial charge in [-0.3, -0.25) is 0 Å². The summed E-state index contributed by atoms with van der Waals surface area (Å²) >= 11 is 1.06. The number of nitrogens with two attached hydrogens (primary N) is 1. The van der Waals surface area contributed by atoms with Crippen LogP contribution in [0.25, 0.3) is 11.0 Å². The van der Waals surface area contributed by atoms with Crippen molar-refractivity contribution in [2.75, 3.05) is 5.73 Å². The minimum absolute atomic E-state index is 0.109. The molecule has 1 aromatic carbocycles. The van der Waals surface area contributed by atoms with Crippen molar-refractivity contribution < 1.29 is 8.42 Å². The Bertz CT molecular complexity index is 904. The smallest absolute Gasteiger partial charge is 0.340 e. The molecule has 0 aliphatic rings. The monoisotopic (exact) mass is 295 g/mol. The number of nitrogens with one attached hydrogen (secondary N) is 1. The van der Waals surface area contributed by atoms with Gasteiger partial charge in [0.05, 0.1) is 11.0 Å². The first-order valence-electron chi connectivity index (χ1n) is 5.29. The second-order valence-electron chi connectivity index (χ2n) is 3.91. The SMILES string of the molecule is Nc1ccc2[nH]c(=O)n(S(=O)(=O)c3cccs3)c2c1. The molecule has 6 nitrogen and oxygen atoms in total. The Labute approximate surface area is 112 Å². The van der Waals surface area contributed by atoms with E-state index in [1.165, 1.54) is 12.1 Å². The van der Waals surface area contributed by atoms with Crippen LogP contribution in [0.5, 0.6) is 0 Å². The van der Waals surface area contributed by atoms with Crippen LogP contribution in [-0.4, -0.2) is 17.4 Å². The van der Waals surface area contributed by atoms with Crippen LogP contribution in [0, 0.1) is 0 Å². The highest BCUT2D eigenvalue weighted by atomic mass is 32.2. The molecule has 0 fully saturated rings. The fourth-order valence-electron chi connectivity index (χ4n) is 1.84. The Balaban J connectivity index is 2.41. The van der Waals surface area contributed by atoms with E-state index in [-0.39, 0.29) is 9.73 Å². The van der Waals surface area contributed by atoms with Crippen molar-refractivity contribution in [3.8, 4) is 0 Å². The number of hydrogen-bond acceptors (Lipinski definition) is 5. The topological polar surface area (TPSA) is 97.9 Å². The van der Waals surface area contributed by atoms with Gasteiger partial charge in [-0.1, -0.05) is 6.07 Å². The number of H-pyrrole nitrogens is 1. The van der Waals surface area contributed by atoms with Crippen LogP contribution in [0.2, 0.25) is 0 Å². The van der Waals surface area contributed by atoms with Crippen molar-refractivity contribution in [1.29, 1.82) is 0 Å². The molecular weight excluding hydrogens is 286 g/mol. The number of aromatic nitrogens is 2. The van der Waals surface area contributed by atoms with Crippen molar-refractivity contribution in [2.45, 2.75) is 4.21 Å². The molecule has 0 saturated heterocycles. The number of fused-ring (bicyclic) bond motifs is 1. The molecule has 2 aromatic heterocycles. The average Bonchev–Trinajstić information content (AvgIpc) is 2.95. The van der Waals surface area contributed by atoms with Gasteiger partial charge in [-0.25, -0.2) is 4.79 Å². The molecule has 8 heteroatoms. The van der Waals surface area contributed by atoms with Crippen molar-refractivity contribution >= 4 is 38.1 Å². The van der Waals surface area contributed by atoms with Gasteiger partial charge in [-0.2, -0.15) is 12.4 Å². The fraction of sp³-hybridized carbons (Fsp3) is 0. The highest BCUT2D eigenvalue weighted by Gasteiger charge is 2.23. The van der Waals surface area contributed by atoms with E-state index < -0.39 is 15.7 Å². The number of benzene rings is 1. The van der Waals surface area contributed by atoms with Gasteiger partial charge >= 0.3 is 5.69 Å². The van der Waals surface area contributed by atoms with E-state index in [0.717, 1.165) is 15.3 Å². The Kier molecular flexibility index (Phi) is 2.51. The first kappa shape index (κ1) is 12.0. The molecule has 0 unspecified atom stereocenters. The molecular formula is C11H9N3O3S2. The Morgan fingerprint density at radius 1 is 1.26 bits per heavy atom. The van der Waals surface area contributed by atoms with Crippen molar-refractivity contribution in [3.63, 3.8) is 0 Å². The normalized spacial score (nSPS) is 12.0. The zero-order valence-corrected chi connectivity index (χ0v) is 11.2. The first-order chi connectivity index (χ1) is 9.00. The molecule has 0 atom stereocenters. The summed E-state index contributed by atoms with van der Waals surface area (Å²) in [6.45, 7) is 0. The summed E-state index contributed by atoms with van der Waals surface area (Å²) in [5, 5.41) is 1.64. The minimum Gasteiger partial charge on any atom is -0.399 e. The van der Waals surface area contributed by atoms with Crippen LogP contribution in [0.3, 0.4) is 0 Å². The maximum absolute atomic E-state index is 12.4. The van der Waals surface area contributed by atoms with Gasteiger partial charge in [-0.05, 0) is 29.6 Å². The number of hydrogen-bond donors (Lipinski definition) is 2. The van der Waals surface area contributed by atoms with Gasteiger partial charge in [-0.15, -0.1) is 11.3 Å². The summed E-state index contributed by atoms with van der Waals surface area (Å²) < 4.78 is 25.7. The summed E-state index contributed by atoms with van der Waals surface area (Å²) in [5.41, 5.74) is 6.01. The summed E-state index contributed by atoms with van der Waals surface area (Å²) in [6, 6.07) is 7.70. The molecule has 2 heterocycles. The molecule has 0 amide bonds. The summed E-state index contributed by atoms with van der Waals surface area (Å²) in [5.74, 6) is 0. The van der Waals surface area contributed by atoms with E-state index in [1.807, 2.05) is 0 Å². The van der Waals surface area contributed by atoms with Gasteiger partial charge < -0.3 is 10.7 Å². The van der Waals surface area contributed by atoms with Gasteiger partial charge in [0.15, 0.2) is 0 Å².